The minimum Gasteiger partial charge on any atom is -0.505 e. The van der Waals surface area contributed by atoms with Crippen LogP contribution in [0.25, 0.3) is 0 Å². The fourth-order valence-corrected chi connectivity index (χ4v) is 2.56. The molecule has 1 aliphatic carbocycles. The van der Waals surface area contributed by atoms with E-state index in [4.69, 9.17) is 10.8 Å². The number of benzene rings is 1. The van der Waals surface area contributed by atoms with Gasteiger partial charge in [-0.05, 0) is 41.5 Å². The molecule has 1 aromatic rings. The van der Waals surface area contributed by atoms with Gasteiger partial charge in [0.15, 0.2) is 11.6 Å². The van der Waals surface area contributed by atoms with E-state index < -0.39 is 5.82 Å². The van der Waals surface area contributed by atoms with Gasteiger partial charge in [0.25, 0.3) is 0 Å². The summed E-state index contributed by atoms with van der Waals surface area (Å²) in [5.41, 5.74) is 6.75. The van der Waals surface area contributed by atoms with Crippen LogP contribution in [0.5, 0.6) is 5.75 Å². The molecule has 0 aliphatic heterocycles. The fraction of sp³-hybridized carbons (Fsp3) is 0.500. The first-order chi connectivity index (χ1) is 6.98. The molecule has 0 aromatic heterocycles. The molecule has 1 aliphatic rings. The van der Waals surface area contributed by atoms with Gasteiger partial charge in [-0.1, -0.05) is 19.9 Å². The summed E-state index contributed by atoms with van der Waals surface area (Å²) < 4.78 is 13.2. The zero-order valence-electron chi connectivity index (χ0n) is 9.00. The average molecular weight is 209 g/mol. The van der Waals surface area contributed by atoms with Crippen LogP contribution in [0.1, 0.15) is 25.3 Å². The Bertz CT molecular complexity index is 389. The van der Waals surface area contributed by atoms with Gasteiger partial charge in [0.05, 0.1) is 0 Å². The summed E-state index contributed by atoms with van der Waals surface area (Å²) in [7, 11) is 0. The Morgan fingerprint density at radius 3 is 2.60 bits per heavy atom. The lowest BCUT2D eigenvalue weighted by molar-refractivity contribution is 0.431. The largest absolute Gasteiger partial charge is 0.505 e. The van der Waals surface area contributed by atoms with Gasteiger partial charge in [0, 0.05) is 0 Å². The van der Waals surface area contributed by atoms with Crippen LogP contribution >= 0.6 is 0 Å². The molecule has 1 saturated carbocycles. The first-order valence-electron chi connectivity index (χ1n) is 5.17. The first kappa shape index (κ1) is 10.4. The van der Waals surface area contributed by atoms with E-state index >= 15 is 0 Å². The van der Waals surface area contributed by atoms with E-state index in [1.165, 1.54) is 12.1 Å². The lowest BCUT2D eigenvalue weighted by atomic mass is 10.0. The topological polar surface area (TPSA) is 46.2 Å². The average Bonchev–Trinajstić information content (AvgIpc) is 2.73. The molecule has 3 heteroatoms. The van der Waals surface area contributed by atoms with Crippen LogP contribution in [0.2, 0.25) is 0 Å². The number of hydrogen-bond acceptors (Lipinski definition) is 2. The molecule has 3 N–H and O–H groups in total. The number of nitrogens with two attached hydrogens (primary N) is 1. The lowest BCUT2D eigenvalue weighted by Gasteiger charge is -2.04. The van der Waals surface area contributed by atoms with Crippen LogP contribution in [0, 0.1) is 17.2 Å². The quantitative estimate of drug-likeness (QED) is 0.784. The monoisotopic (exact) mass is 209 g/mol. The zero-order chi connectivity index (χ0) is 11.2. The maximum atomic E-state index is 13.2. The molecule has 2 rings (SSSR count). The normalized spacial score (nSPS) is 27.7. The molecule has 0 saturated heterocycles. The Balaban J connectivity index is 2.29. The van der Waals surface area contributed by atoms with Crippen LogP contribution in [0.4, 0.5) is 4.39 Å². The second-order valence-electron chi connectivity index (χ2n) is 4.85. The molecular formula is C12H16FNO. The third kappa shape index (κ3) is 1.51. The molecule has 0 unspecified atom stereocenters. The Labute approximate surface area is 88.9 Å². The first-order valence-corrected chi connectivity index (χ1v) is 5.17. The molecule has 0 amide bonds. The second-order valence-corrected chi connectivity index (χ2v) is 4.85. The highest BCUT2D eigenvalue weighted by Gasteiger charge is 2.57. The third-order valence-corrected chi connectivity index (χ3v) is 3.64. The van der Waals surface area contributed by atoms with Crippen molar-refractivity contribution in [3.8, 4) is 5.75 Å². The van der Waals surface area contributed by atoms with Crippen LogP contribution in [0.3, 0.4) is 0 Å². The van der Waals surface area contributed by atoms with E-state index in [0.29, 0.717) is 18.4 Å². The summed E-state index contributed by atoms with van der Waals surface area (Å²) >= 11 is 0. The van der Waals surface area contributed by atoms with Crippen molar-refractivity contribution in [2.45, 2.75) is 19.8 Å². The van der Waals surface area contributed by atoms with Crippen molar-refractivity contribution in [1.82, 2.24) is 0 Å². The zero-order valence-corrected chi connectivity index (χ0v) is 9.00. The lowest BCUT2D eigenvalue weighted by Crippen LogP contribution is -2.05. The molecule has 0 heterocycles. The Hall–Kier alpha value is -1.09. The van der Waals surface area contributed by atoms with E-state index in [-0.39, 0.29) is 11.2 Å². The maximum absolute atomic E-state index is 13.2. The molecule has 1 fully saturated rings. The van der Waals surface area contributed by atoms with Crippen molar-refractivity contribution in [1.29, 1.82) is 0 Å². The highest BCUT2D eigenvalue weighted by molar-refractivity contribution is 5.36. The van der Waals surface area contributed by atoms with Gasteiger partial charge >= 0.3 is 0 Å². The van der Waals surface area contributed by atoms with Gasteiger partial charge in [-0.2, -0.15) is 0 Å². The minimum atomic E-state index is -0.550. The highest BCUT2D eigenvalue weighted by atomic mass is 19.1. The summed E-state index contributed by atoms with van der Waals surface area (Å²) in [6.45, 7) is 4.90. The molecular weight excluding hydrogens is 193 g/mol. The number of phenolic OH excluding ortho intramolecular Hbond substituents is 1. The molecule has 0 bridgehead atoms. The number of aromatic hydroxyl groups is 1. The molecule has 1 aromatic carbocycles. The van der Waals surface area contributed by atoms with Crippen LogP contribution < -0.4 is 5.73 Å². The standard InChI is InChI=1S/C12H16FNO/c1-12(2)8(6-14)11(12)7-3-4-10(15)9(13)5-7/h3-5,8,11,15H,6,14H2,1-2H3/t8-,11-/m0/s1. The van der Waals surface area contributed by atoms with Crippen molar-refractivity contribution in [3.63, 3.8) is 0 Å². The van der Waals surface area contributed by atoms with Gasteiger partial charge in [0.1, 0.15) is 0 Å². The summed E-state index contributed by atoms with van der Waals surface area (Å²) in [4.78, 5) is 0. The van der Waals surface area contributed by atoms with Gasteiger partial charge in [-0.25, -0.2) is 4.39 Å². The molecule has 82 valence electrons. The van der Waals surface area contributed by atoms with E-state index in [1.54, 1.807) is 6.07 Å². The predicted octanol–water partition coefficient (Wildman–Crippen LogP) is 2.23. The van der Waals surface area contributed by atoms with Crippen molar-refractivity contribution < 1.29 is 9.50 Å². The van der Waals surface area contributed by atoms with Gasteiger partial charge in [-0.15, -0.1) is 0 Å². The van der Waals surface area contributed by atoms with Crippen LogP contribution in [-0.4, -0.2) is 11.7 Å². The van der Waals surface area contributed by atoms with Gasteiger partial charge in [-0.3, -0.25) is 0 Å². The Kier molecular flexibility index (Phi) is 2.23. The van der Waals surface area contributed by atoms with Crippen molar-refractivity contribution in [2.75, 3.05) is 6.54 Å². The smallest absolute Gasteiger partial charge is 0.165 e. The molecule has 2 atom stereocenters. The highest BCUT2D eigenvalue weighted by Crippen LogP contribution is 2.63. The van der Waals surface area contributed by atoms with Gasteiger partial charge < -0.3 is 10.8 Å². The number of phenols is 1. The SMILES string of the molecule is CC1(C)[C@@H](CN)[C@@H]1c1ccc(O)c(F)c1. The van der Waals surface area contributed by atoms with Crippen molar-refractivity contribution in [3.05, 3.63) is 29.6 Å². The number of halogens is 1. The molecule has 0 spiro atoms. The number of hydrogen-bond donors (Lipinski definition) is 2. The van der Waals surface area contributed by atoms with E-state index in [1.807, 2.05) is 0 Å². The summed E-state index contributed by atoms with van der Waals surface area (Å²) in [5.74, 6) is -0.105. The van der Waals surface area contributed by atoms with E-state index in [0.717, 1.165) is 5.56 Å². The molecule has 15 heavy (non-hydrogen) atoms. The maximum Gasteiger partial charge on any atom is 0.165 e. The molecule has 0 radical (unpaired) electrons. The Morgan fingerprint density at radius 2 is 2.13 bits per heavy atom. The van der Waals surface area contributed by atoms with Crippen LogP contribution in [-0.2, 0) is 0 Å². The van der Waals surface area contributed by atoms with Crippen molar-refractivity contribution >= 4 is 0 Å². The summed E-state index contributed by atoms with van der Waals surface area (Å²) in [5, 5.41) is 9.10. The second kappa shape index (κ2) is 3.20. The minimum absolute atomic E-state index is 0.151. The van der Waals surface area contributed by atoms with E-state index in [2.05, 4.69) is 13.8 Å². The van der Waals surface area contributed by atoms with Crippen molar-refractivity contribution in [2.24, 2.45) is 17.1 Å². The summed E-state index contributed by atoms with van der Waals surface area (Å²) in [6.07, 6.45) is 0. The fourth-order valence-electron chi connectivity index (χ4n) is 2.56. The molecule has 2 nitrogen and oxygen atoms in total. The third-order valence-electron chi connectivity index (χ3n) is 3.64. The summed E-state index contributed by atoms with van der Waals surface area (Å²) in [6, 6.07) is 4.60. The Morgan fingerprint density at radius 1 is 1.47 bits per heavy atom. The van der Waals surface area contributed by atoms with Gasteiger partial charge in [0.2, 0.25) is 0 Å². The van der Waals surface area contributed by atoms with Crippen LogP contribution in [0.15, 0.2) is 18.2 Å². The van der Waals surface area contributed by atoms with E-state index in [9.17, 15) is 4.39 Å². The predicted molar refractivity (Wildman–Crippen MR) is 57.1 cm³/mol. The number of rotatable bonds is 2.